The SMILES string of the molecule is CN=C(NCCOC1CCCCCC1)NCc1ccc(C(N)=O)cc1.I. The Balaban J connectivity index is 0.00000338. The molecule has 1 aromatic rings. The molecule has 4 N–H and O–H groups in total. The van der Waals surface area contributed by atoms with E-state index in [1.54, 1.807) is 19.2 Å². The molecule has 1 aliphatic rings. The van der Waals surface area contributed by atoms with Crippen molar-refractivity contribution in [1.29, 1.82) is 0 Å². The predicted octanol–water partition coefficient (Wildman–Crippen LogP) is 2.81. The van der Waals surface area contributed by atoms with E-state index in [1.807, 2.05) is 12.1 Å². The van der Waals surface area contributed by atoms with E-state index >= 15 is 0 Å². The highest BCUT2D eigenvalue weighted by molar-refractivity contribution is 14.0. The third kappa shape index (κ3) is 8.35. The Morgan fingerprint density at radius 3 is 2.38 bits per heavy atom. The lowest BCUT2D eigenvalue weighted by molar-refractivity contribution is 0.0468. The van der Waals surface area contributed by atoms with Crippen molar-refractivity contribution in [3.05, 3.63) is 35.4 Å². The number of nitrogens with zero attached hydrogens (tertiary/aromatic N) is 1. The van der Waals surface area contributed by atoms with Crippen LogP contribution in [0.15, 0.2) is 29.3 Å². The second-order valence-corrected chi connectivity index (χ2v) is 6.40. The number of aliphatic imine (C=N–C) groups is 1. The first-order valence-corrected chi connectivity index (χ1v) is 9.14. The molecule has 1 saturated carbocycles. The summed E-state index contributed by atoms with van der Waals surface area (Å²) >= 11 is 0. The maximum atomic E-state index is 11.1. The van der Waals surface area contributed by atoms with E-state index in [-0.39, 0.29) is 24.0 Å². The average molecular weight is 474 g/mol. The number of nitrogens with two attached hydrogens (primary N) is 1. The molecule has 0 spiro atoms. The summed E-state index contributed by atoms with van der Waals surface area (Å²) in [7, 11) is 1.75. The summed E-state index contributed by atoms with van der Waals surface area (Å²) in [5.41, 5.74) is 6.82. The van der Waals surface area contributed by atoms with Crippen LogP contribution in [0.2, 0.25) is 0 Å². The first-order valence-electron chi connectivity index (χ1n) is 9.14. The molecule has 6 nitrogen and oxygen atoms in total. The van der Waals surface area contributed by atoms with Gasteiger partial charge in [-0.15, -0.1) is 24.0 Å². The zero-order valence-electron chi connectivity index (χ0n) is 15.5. The Morgan fingerprint density at radius 2 is 1.81 bits per heavy atom. The molecule has 0 unspecified atom stereocenters. The molecule has 1 fully saturated rings. The van der Waals surface area contributed by atoms with Gasteiger partial charge in [-0.05, 0) is 30.5 Å². The van der Waals surface area contributed by atoms with Gasteiger partial charge in [-0.25, -0.2) is 0 Å². The van der Waals surface area contributed by atoms with Crippen LogP contribution < -0.4 is 16.4 Å². The third-order valence-electron chi connectivity index (χ3n) is 4.47. The minimum absolute atomic E-state index is 0. The number of amides is 1. The second-order valence-electron chi connectivity index (χ2n) is 6.40. The summed E-state index contributed by atoms with van der Waals surface area (Å²) in [6.45, 7) is 2.05. The van der Waals surface area contributed by atoms with Gasteiger partial charge in [0.25, 0.3) is 0 Å². The van der Waals surface area contributed by atoms with E-state index in [0.717, 1.165) is 18.1 Å². The number of nitrogens with one attached hydrogen (secondary N) is 2. The van der Waals surface area contributed by atoms with Gasteiger partial charge >= 0.3 is 0 Å². The molecular formula is C19H31IN4O2. The standard InChI is InChI=1S/C19H30N4O2.HI/c1-21-19(22-12-13-25-17-6-4-2-3-5-7-17)23-14-15-8-10-16(11-9-15)18(20)24;/h8-11,17H,2-7,12-14H2,1H3,(H2,20,24)(H2,21,22,23);1H. The Labute approximate surface area is 173 Å². The number of hydrogen-bond donors (Lipinski definition) is 3. The zero-order valence-corrected chi connectivity index (χ0v) is 17.8. The van der Waals surface area contributed by atoms with E-state index in [9.17, 15) is 4.79 Å². The molecule has 1 amide bonds. The quantitative estimate of drug-likeness (QED) is 0.187. The van der Waals surface area contributed by atoms with Gasteiger partial charge in [0.1, 0.15) is 0 Å². The fraction of sp³-hybridized carbons (Fsp3) is 0.579. The van der Waals surface area contributed by atoms with Crippen molar-refractivity contribution in [2.75, 3.05) is 20.2 Å². The topological polar surface area (TPSA) is 88.7 Å². The average Bonchev–Trinajstić information content (AvgIpc) is 2.90. The summed E-state index contributed by atoms with van der Waals surface area (Å²) in [5, 5.41) is 6.51. The summed E-state index contributed by atoms with van der Waals surface area (Å²) in [6.07, 6.45) is 8.06. The highest BCUT2D eigenvalue weighted by Crippen LogP contribution is 2.19. The van der Waals surface area contributed by atoms with Gasteiger partial charge in [0, 0.05) is 25.7 Å². The van der Waals surface area contributed by atoms with Crippen LogP contribution in [0.1, 0.15) is 54.4 Å². The van der Waals surface area contributed by atoms with Gasteiger partial charge in [0.15, 0.2) is 5.96 Å². The van der Waals surface area contributed by atoms with Crippen LogP contribution in [0.25, 0.3) is 0 Å². The monoisotopic (exact) mass is 474 g/mol. The maximum Gasteiger partial charge on any atom is 0.248 e. The second kappa shape index (κ2) is 12.9. The van der Waals surface area contributed by atoms with E-state index in [2.05, 4.69) is 15.6 Å². The highest BCUT2D eigenvalue weighted by atomic mass is 127. The fourth-order valence-corrected chi connectivity index (χ4v) is 3.00. The molecule has 0 bridgehead atoms. The lowest BCUT2D eigenvalue weighted by Gasteiger charge is -2.17. The molecule has 7 heteroatoms. The minimum Gasteiger partial charge on any atom is -0.376 e. The van der Waals surface area contributed by atoms with Crippen molar-refractivity contribution in [3.63, 3.8) is 0 Å². The van der Waals surface area contributed by atoms with E-state index in [1.165, 1.54) is 38.5 Å². The minimum atomic E-state index is -0.411. The van der Waals surface area contributed by atoms with Gasteiger partial charge in [0.2, 0.25) is 5.91 Å². The third-order valence-corrected chi connectivity index (χ3v) is 4.47. The number of carbonyl (C=O) groups excluding carboxylic acids is 1. The Hall–Kier alpha value is -1.35. The number of rotatable bonds is 7. The fourth-order valence-electron chi connectivity index (χ4n) is 3.00. The largest absolute Gasteiger partial charge is 0.376 e. The number of hydrogen-bond acceptors (Lipinski definition) is 3. The zero-order chi connectivity index (χ0) is 17.9. The van der Waals surface area contributed by atoms with Gasteiger partial charge in [0.05, 0.1) is 12.7 Å². The summed E-state index contributed by atoms with van der Waals surface area (Å²) in [6, 6.07) is 7.23. The molecule has 146 valence electrons. The van der Waals surface area contributed by atoms with Crippen LogP contribution in [0.5, 0.6) is 0 Å². The molecule has 2 rings (SSSR count). The van der Waals surface area contributed by atoms with Gasteiger partial charge in [-0.1, -0.05) is 37.8 Å². The van der Waals surface area contributed by atoms with Crippen molar-refractivity contribution in [1.82, 2.24) is 10.6 Å². The number of primary amides is 1. The number of benzene rings is 1. The molecule has 1 aliphatic carbocycles. The highest BCUT2D eigenvalue weighted by Gasteiger charge is 2.12. The Bertz CT molecular complexity index is 555. The number of guanidine groups is 1. The van der Waals surface area contributed by atoms with Crippen LogP contribution in [0.3, 0.4) is 0 Å². The molecule has 0 radical (unpaired) electrons. The van der Waals surface area contributed by atoms with Crippen LogP contribution in [0, 0.1) is 0 Å². The van der Waals surface area contributed by atoms with Gasteiger partial charge in [-0.2, -0.15) is 0 Å². The molecule has 0 atom stereocenters. The van der Waals surface area contributed by atoms with E-state index in [0.29, 0.717) is 24.8 Å². The number of carbonyl (C=O) groups is 1. The van der Waals surface area contributed by atoms with Crippen molar-refractivity contribution in [3.8, 4) is 0 Å². The summed E-state index contributed by atoms with van der Waals surface area (Å²) < 4.78 is 5.97. The molecule has 0 heterocycles. The van der Waals surface area contributed by atoms with Crippen LogP contribution in [-0.4, -0.2) is 38.2 Å². The Morgan fingerprint density at radius 1 is 1.15 bits per heavy atom. The van der Waals surface area contributed by atoms with Gasteiger partial charge < -0.3 is 21.1 Å². The predicted molar refractivity (Wildman–Crippen MR) is 116 cm³/mol. The van der Waals surface area contributed by atoms with Crippen molar-refractivity contribution < 1.29 is 9.53 Å². The lowest BCUT2D eigenvalue weighted by Crippen LogP contribution is -2.38. The maximum absolute atomic E-state index is 11.1. The molecule has 0 aromatic heterocycles. The first-order chi connectivity index (χ1) is 12.2. The molecule has 26 heavy (non-hydrogen) atoms. The van der Waals surface area contributed by atoms with Crippen LogP contribution in [-0.2, 0) is 11.3 Å². The van der Waals surface area contributed by atoms with E-state index in [4.69, 9.17) is 10.5 Å². The lowest BCUT2D eigenvalue weighted by atomic mass is 10.1. The van der Waals surface area contributed by atoms with Crippen molar-refractivity contribution >= 4 is 35.8 Å². The Kier molecular flexibility index (Phi) is 11.3. The normalized spacial score (nSPS) is 15.7. The van der Waals surface area contributed by atoms with E-state index < -0.39 is 5.91 Å². The molecule has 1 aromatic carbocycles. The van der Waals surface area contributed by atoms with Crippen LogP contribution >= 0.6 is 24.0 Å². The van der Waals surface area contributed by atoms with Gasteiger partial charge in [-0.3, -0.25) is 9.79 Å². The first kappa shape index (κ1) is 22.7. The summed E-state index contributed by atoms with van der Waals surface area (Å²) in [5.74, 6) is 0.328. The van der Waals surface area contributed by atoms with Crippen molar-refractivity contribution in [2.45, 2.75) is 51.2 Å². The molecular weight excluding hydrogens is 443 g/mol. The smallest absolute Gasteiger partial charge is 0.248 e. The number of halogens is 1. The molecule has 0 saturated heterocycles. The molecule has 0 aliphatic heterocycles. The van der Waals surface area contributed by atoms with Crippen LogP contribution in [0.4, 0.5) is 0 Å². The number of ether oxygens (including phenoxy) is 1. The summed E-state index contributed by atoms with van der Waals surface area (Å²) in [4.78, 5) is 15.3. The van der Waals surface area contributed by atoms with Crippen molar-refractivity contribution in [2.24, 2.45) is 10.7 Å².